The van der Waals surface area contributed by atoms with Gasteiger partial charge in [0.25, 0.3) is 0 Å². The fourth-order valence-corrected chi connectivity index (χ4v) is 1.49. The number of Topliss-reactive ketones (excluding diaryl/α,β-unsaturated/α-hetero) is 1. The molecule has 0 bridgehead atoms. The minimum absolute atomic E-state index is 0.0144. The standard InChI is InChI=1S/C12H15NO5/c1-4-17-11(15)8-6-13-10(7(3)14)9(8)12(16)18-5-2/h6,13H,4-5H2,1-3H3. The van der Waals surface area contributed by atoms with Gasteiger partial charge in [0.05, 0.1) is 24.5 Å². The molecule has 0 spiro atoms. The van der Waals surface area contributed by atoms with E-state index in [1.54, 1.807) is 13.8 Å². The molecule has 6 heteroatoms. The molecular weight excluding hydrogens is 238 g/mol. The quantitative estimate of drug-likeness (QED) is 0.636. The maximum Gasteiger partial charge on any atom is 0.341 e. The van der Waals surface area contributed by atoms with Gasteiger partial charge >= 0.3 is 11.9 Å². The Morgan fingerprint density at radius 1 is 1.11 bits per heavy atom. The number of ketones is 1. The molecule has 0 saturated carbocycles. The molecule has 0 amide bonds. The SMILES string of the molecule is CCOC(=O)c1c[nH]c(C(C)=O)c1C(=O)OCC. The first-order chi connectivity index (χ1) is 8.52. The van der Waals surface area contributed by atoms with Crippen LogP contribution in [-0.2, 0) is 9.47 Å². The van der Waals surface area contributed by atoms with E-state index in [1.165, 1.54) is 13.1 Å². The van der Waals surface area contributed by atoms with E-state index >= 15 is 0 Å². The van der Waals surface area contributed by atoms with Crippen molar-refractivity contribution in [2.24, 2.45) is 0 Å². The molecule has 0 aromatic carbocycles. The van der Waals surface area contributed by atoms with E-state index in [9.17, 15) is 14.4 Å². The summed E-state index contributed by atoms with van der Waals surface area (Å²) in [7, 11) is 0. The average Bonchev–Trinajstić information content (AvgIpc) is 2.74. The Labute approximate surface area is 104 Å². The lowest BCUT2D eigenvalue weighted by molar-refractivity contribution is 0.0479. The van der Waals surface area contributed by atoms with Crippen LogP contribution in [0, 0.1) is 0 Å². The van der Waals surface area contributed by atoms with Crippen LogP contribution >= 0.6 is 0 Å². The molecule has 6 nitrogen and oxygen atoms in total. The van der Waals surface area contributed by atoms with Gasteiger partial charge in [-0.05, 0) is 13.8 Å². The molecule has 98 valence electrons. The summed E-state index contributed by atoms with van der Waals surface area (Å²) in [5.74, 6) is -1.73. The summed E-state index contributed by atoms with van der Waals surface area (Å²) < 4.78 is 9.64. The number of nitrogens with one attached hydrogen (secondary N) is 1. The van der Waals surface area contributed by atoms with Crippen molar-refractivity contribution in [1.82, 2.24) is 4.98 Å². The van der Waals surface area contributed by atoms with E-state index in [0.29, 0.717) is 0 Å². The molecule has 1 aromatic heterocycles. The largest absolute Gasteiger partial charge is 0.462 e. The van der Waals surface area contributed by atoms with Gasteiger partial charge in [-0.1, -0.05) is 0 Å². The summed E-state index contributed by atoms with van der Waals surface area (Å²) in [6.45, 7) is 4.93. The van der Waals surface area contributed by atoms with Crippen LogP contribution in [0.1, 0.15) is 52.0 Å². The Hall–Kier alpha value is -2.11. The zero-order valence-electron chi connectivity index (χ0n) is 10.5. The van der Waals surface area contributed by atoms with Gasteiger partial charge in [0.2, 0.25) is 0 Å². The van der Waals surface area contributed by atoms with E-state index in [2.05, 4.69) is 4.98 Å². The van der Waals surface area contributed by atoms with Gasteiger partial charge in [0, 0.05) is 13.1 Å². The first-order valence-corrected chi connectivity index (χ1v) is 5.59. The molecule has 0 atom stereocenters. The van der Waals surface area contributed by atoms with Crippen molar-refractivity contribution in [3.8, 4) is 0 Å². The number of carbonyl (C=O) groups excluding carboxylic acids is 3. The van der Waals surface area contributed by atoms with Crippen LogP contribution < -0.4 is 0 Å². The number of aromatic nitrogens is 1. The summed E-state index contributed by atoms with van der Waals surface area (Å²) in [6, 6.07) is 0. The summed E-state index contributed by atoms with van der Waals surface area (Å²) in [5, 5.41) is 0. The monoisotopic (exact) mass is 253 g/mol. The Morgan fingerprint density at radius 3 is 2.17 bits per heavy atom. The van der Waals surface area contributed by atoms with Crippen molar-refractivity contribution >= 4 is 17.7 Å². The third-order valence-electron chi connectivity index (χ3n) is 2.21. The minimum atomic E-state index is -0.716. The summed E-state index contributed by atoms with van der Waals surface area (Å²) in [6.07, 6.45) is 1.28. The maximum atomic E-state index is 11.8. The molecule has 1 heterocycles. The molecule has 0 unspecified atom stereocenters. The minimum Gasteiger partial charge on any atom is -0.462 e. The van der Waals surface area contributed by atoms with Crippen LogP contribution in [-0.4, -0.2) is 35.9 Å². The lowest BCUT2D eigenvalue weighted by Gasteiger charge is -2.05. The molecule has 0 aliphatic heterocycles. The number of carbonyl (C=O) groups is 3. The van der Waals surface area contributed by atoms with Gasteiger partial charge in [0.15, 0.2) is 5.78 Å². The zero-order chi connectivity index (χ0) is 13.7. The molecule has 0 radical (unpaired) electrons. The van der Waals surface area contributed by atoms with E-state index in [-0.39, 0.29) is 35.8 Å². The first kappa shape index (κ1) is 14.0. The third-order valence-corrected chi connectivity index (χ3v) is 2.21. The third kappa shape index (κ3) is 2.77. The van der Waals surface area contributed by atoms with Gasteiger partial charge in [-0.3, -0.25) is 4.79 Å². The Morgan fingerprint density at radius 2 is 1.67 bits per heavy atom. The molecule has 0 aliphatic carbocycles. The number of H-pyrrole nitrogens is 1. The van der Waals surface area contributed by atoms with E-state index in [0.717, 1.165) is 0 Å². The van der Waals surface area contributed by atoms with Crippen molar-refractivity contribution < 1.29 is 23.9 Å². The summed E-state index contributed by atoms with van der Waals surface area (Å²) in [4.78, 5) is 37.4. The second kappa shape index (κ2) is 6.00. The lowest BCUT2D eigenvalue weighted by atomic mass is 10.1. The van der Waals surface area contributed by atoms with Crippen molar-refractivity contribution in [2.45, 2.75) is 20.8 Å². The second-order valence-electron chi connectivity index (χ2n) is 3.45. The second-order valence-corrected chi connectivity index (χ2v) is 3.45. The fraction of sp³-hybridized carbons (Fsp3) is 0.417. The maximum absolute atomic E-state index is 11.8. The molecule has 0 saturated heterocycles. The van der Waals surface area contributed by atoms with Gasteiger partial charge in [-0.15, -0.1) is 0 Å². The molecule has 0 fully saturated rings. The number of rotatable bonds is 5. The van der Waals surface area contributed by atoms with Gasteiger partial charge in [-0.25, -0.2) is 9.59 Å². The zero-order valence-corrected chi connectivity index (χ0v) is 10.5. The van der Waals surface area contributed by atoms with Crippen LogP contribution in [0.15, 0.2) is 6.20 Å². The van der Waals surface area contributed by atoms with Gasteiger partial charge in [0.1, 0.15) is 5.56 Å². The van der Waals surface area contributed by atoms with Crippen LogP contribution in [0.4, 0.5) is 0 Å². The fourth-order valence-electron chi connectivity index (χ4n) is 1.49. The predicted octanol–water partition coefficient (Wildman–Crippen LogP) is 1.57. The number of esters is 2. The van der Waals surface area contributed by atoms with Crippen LogP contribution in [0.5, 0.6) is 0 Å². The number of ether oxygens (including phenoxy) is 2. The summed E-state index contributed by atoms with van der Waals surface area (Å²) >= 11 is 0. The van der Waals surface area contributed by atoms with E-state index in [4.69, 9.17) is 9.47 Å². The topological polar surface area (TPSA) is 85.5 Å². The molecule has 1 rings (SSSR count). The van der Waals surface area contributed by atoms with Crippen molar-refractivity contribution in [1.29, 1.82) is 0 Å². The molecule has 18 heavy (non-hydrogen) atoms. The highest BCUT2D eigenvalue weighted by atomic mass is 16.5. The van der Waals surface area contributed by atoms with Crippen LogP contribution in [0.25, 0.3) is 0 Å². The average molecular weight is 253 g/mol. The molecule has 0 aliphatic rings. The summed E-state index contributed by atoms with van der Waals surface area (Å²) in [5.41, 5.74) is -0.000182. The Balaban J connectivity index is 3.23. The number of hydrogen-bond acceptors (Lipinski definition) is 5. The van der Waals surface area contributed by atoms with Gasteiger partial charge in [-0.2, -0.15) is 0 Å². The smallest absolute Gasteiger partial charge is 0.341 e. The van der Waals surface area contributed by atoms with E-state index in [1.807, 2.05) is 0 Å². The van der Waals surface area contributed by atoms with Crippen molar-refractivity contribution in [3.63, 3.8) is 0 Å². The van der Waals surface area contributed by atoms with Crippen molar-refractivity contribution in [3.05, 3.63) is 23.0 Å². The highest BCUT2D eigenvalue weighted by molar-refractivity contribution is 6.11. The molecule has 1 N–H and O–H groups in total. The first-order valence-electron chi connectivity index (χ1n) is 5.59. The normalized spacial score (nSPS) is 9.94. The number of hydrogen-bond donors (Lipinski definition) is 1. The highest BCUT2D eigenvalue weighted by Crippen LogP contribution is 2.17. The van der Waals surface area contributed by atoms with Gasteiger partial charge < -0.3 is 14.5 Å². The van der Waals surface area contributed by atoms with Crippen LogP contribution in [0.3, 0.4) is 0 Å². The van der Waals surface area contributed by atoms with Crippen LogP contribution in [0.2, 0.25) is 0 Å². The van der Waals surface area contributed by atoms with E-state index < -0.39 is 11.9 Å². The lowest BCUT2D eigenvalue weighted by Crippen LogP contribution is -2.15. The Bertz CT molecular complexity index is 475. The highest BCUT2D eigenvalue weighted by Gasteiger charge is 2.26. The predicted molar refractivity (Wildman–Crippen MR) is 62.7 cm³/mol. The Kier molecular flexibility index (Phi) is 4.65. The number of aromatic amines is 1. The van der Waals surface area contributed by atoms with Crippen molar-refractivity contribution in [2.75, 3.05) is 13.2 Å². The molecular formula is C12H15NO5. The molecule has 1 aromatic rings.